The van der Waals surface area contributed by atoms with Crippen LogP contribution in [0.5, 0.6) is 0 Å². The van der Waals surface area contributed by atoms with E-state index in [1.807, 2.05) is 19.1 Å². The fraction of sp³-hybridized carbons (Fsp3) is 0.643. The lowest BCUT2D eigenvalue weighted by Crippen LogP contribution is -2.41. The zero-order chi connectivity index (χ0) is 12.9. The van der Waals surface area contributed by atoms with Gasteiger partial charge in [-0.05, 0) is 24.0 Å². The van der Waals surface area contributed by atoms with E-state index in [4.69, 9.17) is 4.74 Å². The highest BCUT2D eigenvalue weighted by Crippen LogP contribution is 2.26. The van der Waals surface area contributed by atoms with Crippen LogP contribution in [0.1, 0.15) is 33.3 Å². The van der Waals surface area contributed by atoms with Gasteiger partial charge in [-0.2, -0.15) is 0 Å². The average Bonchev–Trinajstić information content (AvgIpc) is 2.25. The maximum absolute atomic E-state index is 10.3. The summed E-state index contributed by atoms with van der Waals surface area (Å²) in [5.41, 5.74) is 0.964. The molecule has 0 bridgehead atoms. The summed E-state index contributed by atoms with van der Waals surface area (Å²) < 4.78 is 5.67. The Balaban J connectivity index is 2.69. The van der Waals surface area contributed by atoms with Crippen molar-refractivity contribution < 1.29 is 9.84 Å². The zero-order valence-corrected chi connectivity index (χ0v) is 11.2. The number of nitrogens with zero attached hydrogens (tertiary/aromatic N) is 1. The number of pyridine rings is 1. The Labute approximate surface area is 104 Å². The second-order valence-corrected chi connectivity index (χ2v) is 5.37. The molecular formula is C14H23NO2. The molecule has 2 atom stereocenters. The number of aromatic nitrogens is 1. The summed E-state index contributed by atoms with van der Waals surface area (Å²) in [6.07, 6.45) is 3.44. The Morgan fingerprint density at radius 2 is 2.12 bits per heavy atom. The van der Waals surface area contributed by atoms with E-state index in [0.29, 0.717) is 13.0 Å². The molecule has 2 unspecified atom stereocenters. The van der Waals surface area contributed by atoms with Gasteiger partial charge in [0.15, 0.2) is 0 Å². The van der Waals surface area contributed by atoms with Gasteiger partial charge in [-0.15, -0.1) is 0 Å². The number of hydrogen-bond acceptors (Lipinski definition) is 3. The lowest BCUT2D eigenvalue weighted by atomic mass is 9.84. The molecule has 17 heavy (non-hydrogen) atoms. The molecule has 1 heterocycles. The molecule has 1 aromatic rings. The minimum absolute atomic E-state index is 0.0718. The van der Waals surface area contributed by atoms with Crippen molar-refractivity contribution in [1.82, 2.24) is 4.98 Å². The Morgan fingerprint density at radius 1 is 1.41 bits per heavy atom. The molecular weight excluding hydrogens is 214 g/mol. The normalized spacial score (nSPS) is 15.6. The largest absolute Gasteiger partial charge is 0.390 e. The van der Waals surface area contributed by atoms with Gasteiger partial charge in [0, 0.05) is 25.4 Å². The maximum Gasteiger partial charge on any atom is 0.0885 e. The van der Waals surface area contributed by atoms with Crippen molar-refractivity contribution in [2.45, 2.75) is 46.3 Å². The molecule has 0 radical (unpaired) electrons. The highest BCUT2D eigenvalue weighted by Gasteiger charge is 2.31. The van der Waals surface area contributed by atoms with E-state index in [0.717, 1.165) is 5.56 Å². The first kappa shape index (κ1) is 14.1. The lowest BCUT2D eigenvalue weighted by molar-refractivity contribution is -0.0873. The topological polar surface area (TPSA) is 42.4 Å². The molecule has 0 aliphatic heterocycles. The standard InChI is InChI=1S/C14H23NO2/c1-5-17-13(14(2,3)4)12(16)9-11-7-6-8-15-10-11/h6-8,10,12-13,16H,5,9H2,1-4H3. The number of ether oxygens (including phenoxy) is 1. The van der Waals surface area contributed by atoms with Crippen LogP contribution in [-0.2, 0) is 11.2 Å². The fourth-order valence-corrected chi connectivity index (χ4v) is 1.99. The summed E-state index contributed by atoms with van der Waals surface area (Å²) in [5, 5.41) is 10.3. The van der Waals surface area contributed by atoms with Gasteiger partial charge in [-0.3, -0.25) is 4.98 Å². The summed E-state index contributed by atoms with van der Waals surface area (Å²) in [6.45, 7) is 8.82. The second kappa shape index (κ2) is 6.12. The minimum atomic E-state index is -0.501. The number of rotatable bonds is 5. The molecule has 0 fully saturated rings. The highest BCUT2D eigenvalue weighted by molar-refractivity contribution is 5.10. The van der Waals surface area contributed by atoms with Crippen LogP contribution in [0.15, 0.2) is 24.5 Å². The molecule has 0 aliphatic carbocycles. The maximum atomic E-state index is 10.3. The third-order valence-corrected chi connectivity index (χ3v) is 2.72. The molecule has 0 spiro atoms. The SMILES string of the molecule is CCOC(C(O)Cc1cccnc1)C(C)(C)C. The highest BCUT2D eigenvalue weighted by atomic mass is 16.5. The van der Waals surface area contributed by atoms with E-state index in [-0.39, 0.29) is 11.5 Å². The lowest BCUT2D eigenvalue weighted by Gasteiger charge is -2.34. The summed E-state index contributed by atoms with van der Waals surface area (Å²) >= 11 is 0. The third kappa shape index (κ3) is 4.44. The molecule has 1 N–H and O–H groups in total. The summed E-state index contributed by atoms with van der Waals surface area (Å²) in [7, 11) is 0. The van der Waals surface area contributed by atoms with Gasteiger partial charge in [0.2, 0.25) is 0 Å². The molecule has 0 saturated carbocycles. The zero-order valence-electron chi connectivity index (χ0n) is 11.2. The summed E-state index contributed by atoms with van der Waals surface area (Å²) in [6, 6.07) is 3.86. The molecule has 0 aliphatic rings. The smallest absolute Gasteiger partial charge is 0.0885 e. The van der Waals surface area contributed by atoms with E-state index < -0.39 is 6.10 Å². The molecule has 1 aromatic heterocycles. The molecule has 96 valence electrons. The van der Waals surface area contributed by atoms with E-state index in [1.54, 1.807) is 12.4 Å². The number of aliphatic hydroxyl groups excluding tert-OH is 1. The molecule has 0 saturated heterocycles. The van der Waals surface area contributed by atoms with Crippen LogP contribution in [-0.4, -0.2) is 28.9 Å². The van der Waals surface area contributed by atoms with Crippen molar-refractivity contribution >= 4 is 0 Å². The van der Waals surface area contributed by atoms with Crippen LogP contribution in [0, 0.1) is 5.41 Å². The van der Waals surface area contributed by atoms with Gasteiger partial charge >= 0.3 is 0 Å². The Bertz CT molecular complexity index is 319. The van der Waals surface area contributed by atoms with Crippen molar-refractivity contribution in [2.24, 2.45) is 5.41 Å². The first-order chi connectivity index (χ1) is 7.95. The van der Waals surface area contributed by atoms with Crippen molar-refractivity contribution in [3.8, 4) is 0 Å². The molecule has 3 heteroatoms. The first-order valence-corrected chi connectivity index (χ1v) is 6.13. The van der Waals surface area contributed by atoms with Gasteiger partial charge in [-0.25, -0.2) is 0 Å². The van der Waals surface area contributed by atoms with Crippen LogP contribution in [0.4, 0.5) is 0 Å². The Kier molecular flexibility index (Phi) is 5.09. The third-order valence-electron chi connectivity index (χ3n) is 2.72. The average molecular weight is 237 g/mol. The van der Waals surface area contributed by atoms with Gasteiger partial charge in [0.25, 0.3) is 0 Å². The van der Waals surface area contributed by atoms with Crippen molar-refractivity contribution in [3.63, 3.8) is 0 Å². The monoisotopic (exact) mass is 237 g/mol. The summed E-state index contributed by atoms with van der Waals surface area (Å²) in [4.78, 5) is 4.05. The quantitative estimate of drug-likeness (QED) is 0.855. The molecule has 0 amide bonds. The molecule has 3 nitrogen and oxygen atoms in total. The predicted octanol–water partition coefficient (Wildman–Crippen LogP) is 2.44. The van der Waals surface area contributed by atoms with Gasteiger partial charge in [0.1, 0.15) is 0 Å². The Morgan fingerprint density at radius 3 is 2.59 bits per heavy atom. The van der Waals surface area contributed by atoms with E-state index in [9.17, 15) is 5.11 Å². The minimum Gasteiger partial charge on any atom is -0.390 e. The van der Waals surface area contributed by atoms with E-state index in [2.05, 4.69) is 25.8 Å². The molecule has 1 rings (SSSR count). The van der Waals surface area contributed by atoms with Crippen LogP contribution in [0.3, 0.4) is 0 Å². The van der Waals surface area contributed by atoms with Gasteiger partial charge < -0.3 is 9.84 Å². The number of aliphatic hydroxyl groups is 1. The van der Waals surface area contributed by atoms with Crippen molar-refractivity contribution in [2.75, 3.05) is 6.61 Å². The van der Waals surface area contributed by atoms with Crippen molar-refractivity contribution in [3.05, 3.63) is 30.1 Å². The van der Waals surface area contributed by atoms with E-state index >= 15 is 0 Å². The van der Waals surface area contributed by atoms with Crippen LogP contribution in [0.25, 0.3) is 0 Å². The van der Waals surface area contributed by atoms with Gasteiger partial charge in [0.05, 0.1) is 12.2 Å². The predicted molar refractivity (Wildman–Crippen MR) is 68.8 cm³/mol. The summed E-state index contributed by atoms with van der Waals surface area (Å²) in [5.74, 6) is 0. The van der Waals surface area contributed by atoms with Crippen molar-refractivity contribution in [1.29, 1.82) is 0 Å². The number of hydrogen-bond donors (Lipinski definition) is 1. The molecule has 0 aromatic carbocycles. The van der Waals surface area contributed by atoms with E-state index in [1.165, 1.54) is 0 Å². The van der Waals surface area contributed by atoms with Crippen LogP contribution < -0.4 is 0 Å². The Hall–Kier alpha value is -0.930. The van der Waals surface area contributed by atoms with Crippen LogP contribution >= 0.6 is 0 Å². The second-order valence-electron chi connectivity index (χ2n) is 5.37. The van der Waals surface area contributed by atoms with Crippen LogP contribution in [0.2, 0.25) is 0 Å². The first-order valence-electron chi connectivity index (χ1n) is 6.13. The van der Waals surface area contributed by atoms with Gasteiger partial charge in [-0.1, -0.05) is 26.8 Å². The fourth-order valence-electron chi connectivity index (χ4n) is 1.99.